The molecule has 2 aliphatic rings. The third-order valence-electron chi connectivity index (χ3n) is 17.1. The van der Waals surface area contributed by atoms with Crippen molar-refractivity contribution in [3.63, 3.8) is 0 Å². The fourth-order valence-corrected chi connectivity index (χ4v) is 15.5. The summed E-state index contributed by atoms with van der Waals surface area (Å²) in [7, 11) is 7.74. The summed E-state index contributed by atoms with van der Waals surface area (Å²) in [6, 6.07) is 43.2. The number of Topliss-reactive ketones (excluding diaryl/α,β-unsaturated/α-hetero) is 1. The summed E-state index contributed by atoms with van der Waals surface area (Å²) >= 11 is 0. The molecule has 0 aromatic heterocycles. The third-order valence-corrected chi connectivity index (χ3v) is 20.6. The standard InChI is InChI=1S/C72H81B2N5O6Si/c1-47(2)66(80)26-19-20-36-78(43-52-22-13-17-27-67(52)84-73-82)46-65-57-25-16-15-24-56(57)64(45-79(37-21-35-75-72(81)48(3)4)44-53-23-14-18-28-68(53)85-74-83)58-32-29-51(39-63(58)65)61-42-62(50(6)38-49(61)5)71-59-33-30-54(76(7)8)40-69(59)86(11,12)70-41-55(77(9)10)31-34-60(70)71/h13-18,22-25,27-34,38-42,82-83H,1,3,19-21,26,35-37,43-46H2,2,4-12H3/p+1. The van der Waals surface area contributed by atoms with Crippen molar-refractivity contribution in [2.45, 2.75) is 92.7 Å². The summed E-state index contributed by atoms with van der Waals surface area (Å²) < 4.78 is 13.6. The van der Waals surface area contributed by atoms with E-state index in [1.165, 1.54) is 66.3 Å². The van der Waals surface area contributed by atoms with Crippen LogP contribution in [-0.2, 0) is 35.8 Å². The number of ketones is 1. The predicted octanol–water partition coefficient (Wildman–Crippen LogP) is 12.0. The Balaban J connectivity index is 1.25. The van der Waals surface area contributed by atoms with Crippen LogP contribution in [0.3, 0.4) is 0 Å². The highest BCUT2D eigenvalue weighted by atomic mass is 28.3. The lowest BCUT2D eigenvalue weighted by atomic mass is 9.84. The first kappa shape index (κ1) is 62.7. The quantitative estimate of drug-likeness (QED) is 0.0160. The van der Waals surface area contributed by atoms with Crippen LogP contribution in [0.4, 0.5) is 5.69 Å². The molecule has 1 heterocycles. The van der Waals surface area contributed by atoms with Gasteiger partial charge in [0.2, 0.25) is 5.91 Å². The summed E-state index contributed by atoms with van der Waals surface area (Å²) in [5.74, 6) is 1.04. The highest BCUT2D eigenvalue weighted by Gasteiger charge is 2.41. The summed E-state index contributed by atoms with van der Waals surface area (Å²) in [4.78, 5) is 32.6. The molecule has 0 unspecified atom stereocenters. The molecule has 86 heavy (non-hydrogen) atoms. The van der Waals surface area contributed by atoms with E-state index in [9.17, 15) is 19.6 Å². The molecule has 1 aliphatic heterocycles. The van der Waals surface area contributed by atoms with E-state index in [0.29, 0.717) is 87.7 Å². The number of nitrogens with zero attached hydrogens (tertiary/aromatic N) is 4. The van der Waals surface area contributed by atoms with Gasteiger partial charge in [0.1, 0.15) is 33.7 Å². The molecule has 14 heteroatoms. The Morgan fingerprint density at radius 2 is 1.22 bits per heavy atom. The van der Waals surface area contributed by atoms with Crippen molar-refractivity contribution in [2.24, 2.45) is 0 Å². The van der Waals surface area contributed by atoms with Gasteiger partial charge in [0.05, 0.1) is 0 Å². The van der Waals surface area contributed by atoms with E-state index in [2.05, 4.69) is 184 Å². The first-order valence-corrected chi connectivity index (χ1v) is 32.9. The van der Waals surface area contributed by atoms with Crippen LogP contribution in [0.2, 0.25) is 13.1 Å². The molecule has 11 nitrogen and oxygen atoms in total. The largest absolute Gasteiger partial charge is 0.569 e. The second kappa shape index (κ2) is 27.7. The van der Waals surface area contributed by atoms with E-state index in [-0.39, 0.29) is 11.7 Å². The van der Waals surface area contributed by atoms with Crippen molar-refractivity contribution in [1.29, 1.82) is 0 Å². The molecule has 0 spiro atoms. The van der Waals surface area contributed by atoms with Crippen LogP contribution in [0.5, 0.6) is 11.5 Å². The number of benzene rings is 7. The fraction of sp³-hybridized carbons (Fsp3) is 0.292. The van der Waals surface area contributed by atoms with Gasteiger partial charge in [-0.2, -0.15) is 0 Å². The third kappa shape index (κ3) is 13.9. The normalized spacial score (nSPS) is 13.4. The number of carbonyl (C=O) groups is 2. The van der Waals surface area contributed by atoms with E-state index in [0.717, 1.165) is 65.6 Å². The first-order valence-electron chi connectivity index (χ1n) is 29.9. The molecule has 3 N–H and O–H groups in total. The predicted molar refractivity (Wildman–Crippen MR) is 359 cm³/mol. The lowest BCUT2D eigenvalue weighted by Crippen LogP contribution is -2.49. The minimum atomic E-state index is -2.22. The molecular formula is C72H82B2N5O6Si+. The molecule has 7 aromatic carbocycles. The number of amides is 1. The van der Waals surface area contributed by atoms with Gasteiger partial charge in [0.25, 0.3) is 0 Å². The van der Waals surface area contributed by atoms with Gasteiger partial charge >= 0.3 is 15.4 Å². The summed E-state index contributed by atoms with van der Waals surface area (Å²) in [5.41, 5.74) is 17.3. The number of hydrogen-bond acceptors (Lipinski definition) is 9. The van der Waals surface area contributed by atoms with Crippen molar-refractivity contribution < 1.29 is 33.5 Å². The molecular weight excluding hydrogens is 1080 g/mol. The van der Waals surface area contributed by atoms with Crippen LogP contribution < -0.4 is 24.7 Å². The molecule has 9 rings (SSSR count). The summed E-state index contributed by atoms with van der Waals surface area (Å²) in [5, 5.41) is 30.2. The van der Waals surface area contributed by atoms with Gasteiger partial charge in [-0.15, -0.1) is 0 Å². The van der Waals surface area contributed by atoms with Gasteiger partial charge < -0.3 is 29.6 Å². The van der Waals surface area contributed by atoms with Crippen molar-refractivity contribution in [3.05, 3.63) is 219 Å². The smallest absolute Gasteiger partial charge is 0.537 e. The maximum Gasteiger partial charge on any atom is 0.569 e. The van der Waals surface area contributed by atoms with Crippen LogP contribution >= 0.6 is 0 Å². The van der Waals surface area contributed by atoms with Crippen LogP contribution in [0.15, 0.2) is 175 Å². The zero-order chi connectivity index (χ0) is 61.4. The molecule has 1 amide bonds. The van der Waals surface area contributed by atoms with Gasteiger partial charge in [0.15, 0.2) is 11.5 Å². The Bertz CT molecular complexity index is 3900. The zero-order valence-electron chi connectivity index (χ0n) is 51.9. The zero-order valence-corrected chi connectivity index (χ0v) is 52.9. The summed E-state index contributed by atoms with van der Waals surface area (Å²) in [6.45, 7) is 24.7. The van der Waals surface area contributed by atoms with Gasteiger partial charge in [-0.05, 0) is 189 Å². The molecule has 0 saturated heterocycles. The highest BCUT2D eigenvalue weighted by molar-refractivity contribution is 6.98. The lowest BCUT2D eigenvalue weighted by molar-refractivity contribution is -0.462. The van der Waals surface area contributed by atoms with Crippen molar-refractivity contribution in [3.8, 4) is 22.6 Å². The topological polar surface area (TPSA) is 118 Å². The second-order valence-corrected chi connectivity index (χ2v) is 28.5. The van der Waals surface area contributed by atoms with Crippen LogP contribution in [-0.4, -0.2) is 113 Å². The molecule has 0 saturated carbocycles. The van der Waals surface area contributed by atoms with Gasteiger partial charge in [-0.1, -0.05) is 111 Å². The SMILES string of the molecule is C=C(C)C(=O)CCCCN(Cc1ccccc1O[B]O)Cc1c2ccccc2c(CN(CCCNC(=O)C(=C)C)Cc2ccccc2O[B]O)c2ccc(-c3cc(C4=C5C=CC(=[N+](C)C)C=C5[Si](C)(C)c5cc(N(C)C)ccc54)c(C)cc3C)cc12. The number of hydrogen-bond donors (Lipinski definition) is 3. The molecule has 2 radical (unpaired) electrons. The van der Waals surface area contributed by atoms with Crippen molar-refractivity contribution in [1.82, 2.24) is 15.1 Å². The van der Waals surface area contributed by atoms with Crippen LogP contribution in [0.25, 0.3) is 38.2 Å². The highest BCUT2D eigenvalue weighted by Crippen LogP contribution is 2.45. The van der Waals surface area contributed by atoms with Gasteiger partial charge in [-0.25, -0.2) is 4.58 Å². The fourth-order valence-electron chi connectivity index (χ4n) is 12.4. The van der Waals surface area contributed by atoms with Crippen molar-refractivity contribution >= 4 is 78.8 Å². The van der Waals surface area contributed by atoms with E-state index in [1.807, 2.05) is 48.5 Å². The average Bonchev–Trinajstić information content (AvgIpc) is 0.763. The van der Waals surface area contributed by atoms with E-state index >= 15 is 0 Å². The maximum atomic E-state index is 12.9. The first-order chi connectivity index (χ1) is 41.3. The molecule has 0 fully saturated rings. The Hall–Kier alpha value is -7.84. The molecule has 0 atom stereocenters. The molecule has 0 bridgehead atoms. The average molecular weight is 1160 g/mol. The van der Waals surface area contributed by atoms with Crippen LogP contribution in [0.1, 0.15) is 84.0 Å². The number of anilines is 1. The monoisotopic (exact) mass is 1160 g/mol. The molecule has 1 aliphatic carbocycles. The minimum absolute atomic E-state index is 0.0785. The van der Waals surface area contributed by atoms with E-state index in [4.69, 9.17) is 9.31 Å². The molecule has 7 aromatic rings. The van der Waals surface area contributed by atoms with E-state index in [1.54, 1.807) is 13.8 Å². The minimum Gasteiger partial charge on any atom is -0.537 e. The van der Waals surface area contributed by atoms with Crippen LogP contribution in [0, 0.1) is 13.8 Å². The number of aryl methyl sites for hydroxylation is 2. The molecule has 440 valence electrons. The number of para-hydroxylation sites is 2. The maximum absolute atomic E-state index is 12.9. The van der Waals surface area contributed by atoms with Gasteiger partial charge in [0, 0.05) is 94.3 Å². The lowest BCUT2D eigenvalue weighted by Gasteiger charge is -2.38. The Labute approximate surface area is 512 Å². The number of fused-ring (bicyclic) bond motifs is 4. The Kier molecular flexibility index (Phi) is 20.2. The van der Waals surface area contributed by atoms with E-state index < -0.39 is 8.07 Å². The summed E-state index contributed by atoms with van der Waals surface area (Å²) in [6.07, 6.45) is 9.66. The Morgan fingerprint density at radius 1 is 0.640 bits per heavy atom. The number of unbranched alkanes of at least 4 members (excludes halogenated alkanes) is 1. The van der Waals surface area contributed by atoms with Crippen molar-refractivity contribution in [2.75, 3.05) is 52.7 Å². The second-order valence-electron chi connectivity index (χ2n) is 24.1. The number of nitrogens with one attached hydrogen (secondary N) is 1. The number of allylic oxidation sites excluding steroid dienone is 6. The van der Waals surface area contributed by atoms with Gasteiger partial charge in [-0.3, -0.25) is 19.4 Å². The Morgan fingerprint density at radius 3 is 1.81 bits per heavy atom. The number of rotatable bonds is 26. The number of carbonyl (C=O) groups excluding carboxylic acids is 2.